The van der Waals surface area contributed by atoms with Gasteiger partial charge in [-0.3, -0.25) is 0 Å². The molecule has 2 aromatic heterocycles. The van der Waals surface area contributed by atoms with Gasteiger partial charge in [0.2, 0.25) is 5.79 Å². The minimum absolute atomic E-state index is 0.0220. The Labute approximate surface area is 297 Å². The lowest BCUT2D eigenvalue weighted by Gasteiger charge is -2.37. The first-order valence-corrected chi connectivity index (χ1v) is 16.9. The number of halogens is 2. The Kier molecular flexibility index (Phi) is 9.89. The van der Waals surface area contributed by atoms with E-state index in [0.29, 0.717) is 11.4 Å². The van der Waals surface area contributed by atoms with Crippen molar-refractivity contribution >= 4 is 11.4 Å². The average Bonchev–Trinajstić information content (AvgIpc) is 3.92. The van der Waals surface area contributed by atoms with Gasteiger partial charge in [-0.15, -0.1) is 0 Å². The van der Waals surface area contributed by atoms with Crippen LogP contribution >= 0.6 is 0 Å². The third-order valence-corrected chi connectivity index (χ3v) is 9.46. The molecule has 7 rings (SSSR count). The van der Waals surface area contributed by atoms with Crippen molar-refractivity contribution in [2.45, 2.75) is 44.4 Å². The van der Waals surface area contributed by atoms with Crippen molar-refractivity contribution < 1.29 is 23.0 Å². The first-order valence-electron chi connectivity index (χ1n) is 16.9. The number of hydrogen-bond donors (Lipinski definition) is 0. The molecule has 0 saturated carbocycles. The fourth-order valence-corrected chi connectivity index (χ4v) is 6.43. The van der Waals surface area contributed by atoms with E-state index in [0.717, 1.165) is 43.6 Å². The van der Waals surface area contributed by atoms with Gasteiger partial charge in [-0.05, 0) is 73.1 Å². The quantitative estimate of drug-likeness (QED) is 0.100. The van der Waals surface area contributed by atoms with Gasteiger partial charge in [0.05, 0.1) is 24.4 Å². The molecule has 0 N–H and O–H groups in total. The van der Waals surface area contributed by atoms with Crippen LogP contribution in [0.2, 0.25) is 0 Å². The summed E-state index contributed by atoms with van der Waals surface area (Å²) in [5, 5.41) is 12.0. The summed E-state index contributed by atoms with van der Waals surface area (Å²) in [4.78, 5) is 24.4. The Bertz CT molecular complexity index is 2080. The molecule has 0 bridgehead atoms. The van der Waals surface area contributed by atoms with Crippen molar-refractivity contribution in [2.24, 2.45) is 5.11 Å². The molecule has 15 nitrogen and oxygen atoms in total. The van der Waals surface area contributed by atoms with Gasteiger partial charge in [0.25, 0.3) is 0 Å². The van der Waals surface area contributed by atoms with E-state index < -0.39 is 29.6 Å². The van der Waals surface area contributed by atoms with E-state index >= 15 is 0 Å². The smallest absolute Gasteiger partial charge is 0.350 e. The maximum Gasteiger partial charge on any atom is 0.350 e. The van der Waals surface area contributed by atoms with Gasteiger partial charge in [-0.1, -0.05) is 12.0 Å². The van der Waals surface area contributed by atoms with Crippen LogP contribution < -0.4 is 20.2 Å². The second kappa shape index (κ2) is 14.8. The second-order valence-corrected chi connectivity index (χ2v) is 12.7. The van der Waals surface area contributed by atoms with Gasteiger partial charge in [-0.25, -0.2) is 32.5 Å². The lowest BCUT2D eigenvalue weighted by Crippen LogP contribution is -2.46. The molecule has 17 heteroatoms. The minimum Gasteiger partial charge on any atom is -0.491 e. The number of ether oxygens (including phenoxy) is 3. The van der Waals surface area contributed by atoms with Gasteiger partial charge < -0.3 is 24.0 Å². The maximum atomic E-state index is 14.9. The highest BCUT2D eigenvalue weighted by molar-refractivity contribution is 5.54. The van der Waals surface area contributed by atoms with Crippen LogP contribution in [0, 0.1) is 11.6 Å². The molecule has 0 spiro atoms. The van der Waals surface area contributed by atoms with Crippen LogP contribution in [0.1, 0.15) is 25.5 Å². The molecule has 0 radical (unpaired) electrons. The molecule has 4 atom stereocenters. The zero-order chi connectivity index (χ0) is 36.2. The largest absolute Gasteiger partial charge is 0.491 e. The van der Waals surface area contributed by atoms with Gasteiger partial charge in [0.15, 0.2) is 0 Å². The molecule has 0 amide bonds. The number of hydrogen-bond acceptors (Lipinski definition) is 10. The standard InChI is InChI=1S/C35H37F2N11O4/c1-24(42-43-38)25(2)48-34(49)47(23-41-48)29-6-4-27(5-7-29)44-13-15-45(16-14-44)28-8-10-30(11-9-28)50-18-31-19-51-35(52-31,20-46-22-39-21-40-46)32-12-3-26(36)17-33(32)37/h3-12,17,21-25,31H,13-16,18-20H2,1-2H3. The summed E-state index contributed by atoms with van der Waals surface area (Å²) in [5.74, 6) is -2.35. The lowest BCUT2D eigenvalue weighted by molar-refractivity contribution is -0.192. The van der Waals surface area contributed by atoms with Crippen LogP contribution in [-0.4, -0.2) is 80.7 Å². The molecule has 5 aromatic rings. The highest BCUT2D eigenvalue weighted by Gasteiger charge is 2.46. The van der Waals surface area contributed by atoms with Gasteiger partial charge in [0, 0.05) is 54.1 Å². The molecule has 4 heterocycles. The zero-order valence-corrected chi connectivity index (χ0v) is 28.6. The number of anilines is 2. The number of azide groups is 1. The predicted octanol–water partition coefficient (Wildman–Crippen LogP) is 4.84. The van der Waals surface area contributed by atoms with Crippen molar-refractivity contribution in [3.8, 4) is 11.4 Å². The zero-order valence-electron chi connectivity index (χ0n) is 28.6. The maximum absolute atomic E-state index is 14.9. The molecule has 2 saturated heterocycles. The normalized spacial score (nSPS) is 20.0. The van der Waals surface area contributed by atoms with Crippen LogP contribution in [0.5, 0.6) is 5.75 Å². The van der Waals surface area contributed by atoms with E-state index in [1.165, 1.54) is 45.0 Å². The Morgan fingerprint density at radius 3 is 2.27 bits per heavy atom. The number of aromatic nitrogens is 6. The fourth-order valence-electron chi connectivity index (χ4n) is 6.43. The third kappa shape index (κ3) is 7.19. The Morgan fingerprint density at radius 1 is 0.962 bits per heavy atom. The molecule has 4 unspecified atom stereocenters. The molecular formula is C35H37F2N11O4. The predicted molar refractivity (Wildman–Crippen MR) is 186 cm³/mol. The topological polar surface area (TPSA) is 153 Å². The SMILES string of the molecule is CC(N=[N+]=[N-])C(C)n1ncn(-c2ccc(N3CCN(c4ccc(OCC5COC(Cn6cncn6)(c6ccc(F)cc6F)O5)cc4)CC3)cc2)c1=O. The summed E-state index contributed by atoms with van der Waals surface area (Å²) in [5.41, 5.74) is 11.3. The van der Waals surface area contributed by atoms with Crippen molar-refractivity contribution in [1.82, 2.24) is 29.1 Å². The van der Waals surface area contributed by atoms with E-state index in [4.69, 9.17) is 19.7 Å². The first kappa shape index (κ1) is 34.7. The summed E-state index contributed by atoms with van der Waals surface area (Å²) in [6, 6.07) is 18.1. The van der Waals surface area contributed by atoms with E-state index in [2.05, 4.69) is 35.0 Å². The van der Waals surface area contributed by atoms with Gasteiger partial charge in [0.1, 0.15) is 55.6 Å². The second-order valence-electron chi connectivity index (χ2n) is 12.7. The van der Waals surface area contributed by atoms with Crippen LogP contribution in [0.25, 0.3) is 16.1 Å². The third-order valence-electron chi connectivity index (χ3n) is 9.46. The average molecular weight is 714 g/mol. The minimum atomic E-state index is -1.52. The highest BCUT2D eigenvalue weighted by Crippen LogP contribution is 2.38. The fraction of sp³-hybridized carbons (Fsp3) is 0.371. The Morgan fingerprint density at radius 2 is 1.63 bits per heavy atom. The van der Waals surface area contributed by atoms with Crippen LogP contribution in [0.15, 0.2) is 95.6 Å². The lowest BCUT2D eigenvalue weighted by atomic mass is 10.0. The van der Waals surface area contributed by atoms with Crippen LogP contribution in [-0.2, 0) is 21.8 Å². The summed E-state index contributed by atoms with van der Waals surface area (Å²) in [7, 11) is 0. The monoisotopic (exact) mass is 713 g/mol. The van der Waals surface area contributed by atoms with E-state index in [1.54, 1.807) is 13.8 Å². The van der Waals surface area contributed by atoms with E-state index in [1.807, 2.05) is 48.5 Å². The Balaban J connectivity index is 0.920. The first-order chi connectivity index (χ1) is 25.2. The summed E-state index contributed by atoms with van der Waals surface area (Å²) >= 11 is 0. The molecule has 3 aromatic carbocycles. The van der Waals surface area contributed by atoms with Crippen molar-refractivity contribution in [1.29, 1.82) is 0 Å². The number of benzene rings is 3. The molecular weight excluding hydrogens is 676 g/mol. The molecule has 2 fully saturated rings. The number of piperazine rings is 1. The highest BCUT2D eigenvalue weighted by atomic mass is 19.1. The molecule has 0 aliphatic carbocycles. The van der Waals surface area contributed by atoms with Gasteiger partial charge >= 0.3 is 5.69 Å². The van der Waals surface area contributed by atoms with E-state index in [-0.39, 0.29) is 37.1 Å². The van der Waals surface area contributed by atoms with Gasteiger partial charge in [-0.2, -0.15) is 10.2 Å². The molecule has 270 valence electrons. The van der Waals surface area contributed by atoms with E-state index in [9.17, 15) is 13.6 Å². The summed E-state index contributed by atoms with van der Waals surface area (Å²) < 4.78 is 51.1. The van der Waals surface area contributed by atoms with Crippen LogP contribution in [0.4, 0.5) is 20.2 Å². The molecule has 2 aliphatic heterocycles. The summed E-state index contributed by atoms with van der Waals surface area (Å²) in [6.45, 7) is 7.12. The number of nitrogens with zero attached hydrogens (tertiary/aromatic N) is 11. The molecule has 2 aliphatic rings. The Hall–Kier alpha value is -5.77. The van der Waals surface area contributed by atoms with Crippen molar-refractivity contribution in [3.63, 3.8) is 0 Å². The molecule has 52 heavy (non-hydrogen) atoms. The van der Waals surface area contributed by atoms with Crippen molar-refractivity contribution in [3.05, 3.63) is 124 Å². The summed E-state index contributed by atoms with van der Waals surface area (Å²) in [6.07, 6.45) is 3.79. The van der Waals surface area contributed by atoms with Crippen molar-refractivity contribution in [2.75, 3.05) is 49.2 Å². The number of rotatable bonds is 12. The van der Waals surface area contributed by atoms with Crippen LogP contribution in [0.3, 0.4) is 0 Å².